The molecule has 6 nitrogen and oxygen atoms in total. The number of hydrogen-bond donors (Lipinski definition) is 3. The second-order valence-electron chi connectivity index (χ2n) is 4.85. The molecule has 1 unspecified atom stereocenters. The summed E-state index contributed by atoms with van der Waals surface area (Å²) in [6, 6.07) is 13.8. The smallest absolute Gasteiger partial charge is 0.181 e. The van der Waals surface area contributed by atoms with Crippen LogP contribution in [0.4, 0.5) is 0 Å². The summed E-state index contributed by atoms with van der Waals surface area (Å²) in [6.07, 6.45) is 0. The molecule has 0 aliphatic heterocycles. The van der Waals surface area contributed by atoms with Gasteiger partial charge in [-0.25, -0.2) is 4.98 Å². The molecule has 2 aromatic carbocycles. The number of aromatic nitrogens is 3. The Morgan fingerprint density at radius 1 is 1.18 bits per heavy atom. The van der Waals surface area contributed by atoms with Gasteiger partial charge in [0.05, 0.1) is 13.2 Å². The van der Waals surface area contributed by atoms with Gasteiger partial charge in [-0.2, -0.15) is 5.10 Å². The minimum Gasteiger partial charge on any atom is -0.508 e. The van der Waals surface area contributed by atoms with Crippen LogP contribution in [0.1, 0.15) is 17.4 Å². The van der Waals surface area contributed by atoms with Gasteiger partial charge in [-0.05, 0) is 29.8 Å². The lowest BCUT2D eigenvalue weighted by Gasteiger charge is -2.09. The molecule has 3 aromatic rings. The van der Waals surface area contributed by atoms with Crippen molar-refractivity contribution in [2.24, 2.45) is 5.73 Å². The molecule has 22 heavy (non-hydrogen) atoms. The fourth-order valence-corrected chi connectivity index (χ4v) is 2.18. The first-order valence-corrected chi connectivity index (χ1v) is 6.78. The van der Waals surface area contributed by atoms with Crippen LogP contribution < -0.4 is 10.5 Å². The van der Waals surface area contributed by atoms with Crippen molar-refractivity contribution in [2.75, 3.05) is 7.11 Å². The fraction of sp³-hybridized carbons (Fsp3) is 0.125. The summed E-state index contributed by atoms with van der Waals surface area (Å²) in [4.78, 5) is 4.41. The third kappa shape index (κ3) is 2.77. The van der Waals surface area contributed by atoms with E-state index in [1.165, 1.54) is 0 Å². The molecular weight excluding hydrogens is 280 g/mol. The molecular formula is C16H16N4O2. The highest BCUT2D eigenvalue weighted by molar-refractivity contribution is 5.57. The molecule has 0 radical (unpaired) electrons. The SMILES string of the molecule is COc1cccc(C(N)c2nc(-c3cccc(O)c3)n[nH]2)c1. The zero-order valence-corrected chi connectivity index (χ0v) is 12.0. The zero-order chi connectivity index (χ0) is 15.5. The summed E-state index contributed by atoms with van der Waals surface area (Å²) in [5.41, 5.74) is 7.82. The summed E-state index contributed by atoms with van der Waals surface area (Å²) < 4.78 is 5.20. The predicted octanol–water partition coefficient (Wildman–Crippen LogP) is 2.23. The topological polar surface area (TPSA) is 97.1 Å². The van der Waals surface area contributed by atoms with E-state index >= 15 is 0 Å². The Balaban J connectivity index is 1.89. The molecule has 0 fully saturated rings. The molecule has 0 amide bonds. The third-order valence-corrected chi connectivity index (χ3v) is 3.35. The van der Waals surface area contributed by atoms with Gasteiger partial charge < -0.3 is 15.6 Å². The normalized spacial score (nSPS) is 12.1. The lowest BCUT2D eigenvalue weighted by atomic mass is 10.1. The number of aromatic hydroxyl groups is 1. The Morgan fingerprint density at radius 3 is 2.77 bits per heavy atom. The molecule has 3 rings (SSSR count). The average Bonchev–Trinajstić information content (AvgIpc) is 3.04. The van der Waals surface area contributed by atoms with E-state index in [1.807, 2.05) is 30.3 Å². The summed E-state index contributed by atoms with van der Waals surface area (Å²) in [7, 11) is 1.61. The molecule has 1 atom stereocenters. The van der Waals surface area contributed by atoms with Gasteiger partial charge in [0.15, 0.2) is 5.82 Å². The van der Waals surface area contributed by atoms with Crippen LogP contribution in [0.5, 0.6) is 11.5 Å². The standard InChI is InChI=1S/C16H16N4O2/c1-22-13-7-3-4-10(9-13)14(17)16-18-15(19-20-16)11-5-2-6-12(21)8-11/h2-9,14,21H,17H2,1H3,(H,18,19,20). The highest BCUT2D eigenvalue weighted by atomic mass is 16.5. The summed E-state index contributed by atoms with van der Waals surface area (Å²) in [5.74, 6) is 1.94. The molecule has 4 N–H and O–H groups in total. The van der Waals surface area contributed by atoms with Gasteiger partial charge in [-0.3, -0.25) is 5.10 Å². The van der Waals surface area contributed by atoms with Gasteiger partial charge >= 0.3 is 0 Å². The molecule has 0 aliphatic carbocycles. The van der Waals surface area contributed by atoms with E-state index in [2.05, 4.69) is 15.2 Å². The van der Waals surface area contributed by atoms with Gasteiger partial charge in [-0.1, -0.05) is 24.3 Å². The van der Waals surface area contributed by atoms with Crippen LogP contribution in [0, 0.1) is 0 Å². The van der Waals surface area contributed by atoms with E-state index in [1.54, 1.807) is 25.3 Å². The fourth-order valence-electron chi connectivity index (χ4n) is 2.18. The van der Waals surface area contributed by atoms with E-state index in [4.69, 9.17) is 10.5 Å². The molecule has 1 heterocycles. The number of rotatable bonds is 4. The van der Waals surface area contributed by atoms with Crippen molar-refractivity contribution in [3.8, 4) is 22.9 Å². The lowest BCUT2D eigenvalue weighted by molar-refractivity contribution is 0.414. The van der Waals surface area contributed by atoms with Crippen molar-refractivity contribution in [3.63, 3.8) is 0 Å². The third-order valence-electron chi connectivity index (χ3n) is 3.35. The summed E-state index contributed by atoms with van der Waals surface area (Å²) in [6.45, 7) is 0. The number of ether oxygens (including phenoxy) is 1. The van der Waals surface area contributed by atoms with Crippen LogP contribution in [-0.4, -0.2) is 27.4 Å². The first-order valence-electron chi connectivity index (χ1n) is 6.78. The van der Waals surface area contributed by atoms with Gasteiger partial charge in [0.2, 0.25) is 0 Å². The van der Waals surface area contributed by atoms with Crippen LogP contribution >= 0.6 is 0 Å². The molecule has 112 valence electrons. The van der Waals surface area contributed by atoms with Crippen molar-refractivity contribution in [1.82, 2.24) is 15.2 Å². The van der Waals surface area contributed by atoms with E-state index in [-0.39, 0.29) is 5.75 Å². The van der Waals surface area contributed by atoms with Crippen molar-refractivity contribution in [1.29, 1.82) is 0 Å². The highest BCUT2D eigenvalue weighted by Gasteiger charge is 2.15. The summed E-state index contributed by atoms with van der Waals surface area (Å²) >= 11 is 0. The molecule has 0 bridgehead atoms. The molecule has 0 saturated heterocycles. The number of H-pyrrole nitrogens is 1. The number of nitrogens with two attached hydrogens (primary N) is 1. The van der Waals surface area contributed by atoms with Crippen molar-refractivity contribution in [3.05, 3.63) is 59.9 Å². The maximum absolute atomic E-state index is 9.52. The average molecular weight is 296 g/mol. The Kier molecular flexibility index (Phi) is 3.76. The van der Waals surface area contributed by atoms with Gasteiger partial charge in [-0.15, -0.1) is 0 Å². The van der Waals surface area contributed by atoms with Crippen LogP contribution in [0.2, 0.25) is 0 Å². The van der Waals surface area contributed by atoms with E-state index in [9.17, 15) is 5.11 Å². The van der Waals surface area contributed by atoms with Crippen molar-refractivity contribution >= 4 is 0 Å². The van der Waals surface area contributed by atoms with E-state index in [0.717, 1.165) is 16.9 Å². The highest BCUT2D eigenvalue weighted by Crippen LogP contribution is 2.24. The zero-order valence-electron chi connectivity index (χ0n) is 12.0. The minimum absolute atomic E-state index is 0.168. The number of methoxy groups -OCH3 is 1. The molecule has 1 aromatic heterocycles. The molecule has 6 heteroatoms. The van der Waals surface area contributed by atoms with E-state index < -0.39 is 6.04 Å². The number of nitrogens with zero attached hydrogens (tertiary/aromatic N) is 2. The Morgan fingerprint density at radius 2 is 2.00 bits per heavy atom. The van der Waals surface area contributed by atoms with Gasteiger partial charge in [0.25, 0.3) is 0 Å². The Bertz CT molecular complexity index is 785. The van der Waals surface area contributed by atoms with E-state index in [0.29, 0.717) is 11.6 Å². The molecule has 0 saturated carbocycles. The number of benzene rings is 2. The molecule has 0 spiro atoms. The van der Waals surface area contributed by atoms with Crippen LogP contribution in [0.25, 0.3) is 11.4 Å². The Hall–Kier alpha value is -2.86. The second-order valence-corrected chi connectivity index (χ2v) is 4.85. The monoisotopic (exact) mass is 296 g/mol. The van der Waals surface area contributed by atoms with Crippen LogP contribution in [-0.2, 0) is 0 Å². The lowest BCUT2D eigenvalue weighted by Crippen LogP contribution is -2.13. The number of hydrogen-bond acceptors (Lipinski definition) is 5. The first kappa shape index (κ1) is 14.1. The minimum atomic E-state index is -0.436. The van der Waals surface area contributed by atoms with Crippen molar-refractivity contribution < 1.29 is 9.84 Å². The number of aromatic amines is 1. The number of phenolic OH excluding ortho intramolecular Hbond substituents is 1. The second kappa shape index (κ2) is 5.87. The van der Waals surface area contributed by atoms with Crippen LogP contribution in [0.3, 0.4) is 0 Å². The first-order chi connectivity index (χ1) is 10.7. The summed E-state index contributed by atoms with van der Waals surface area (Å²) in [5, 5.41) is 16.5. The molecule has 0 aliphatic rings. The largest absolute Gasteiger partial charge is 0.508 e. The number of phenols is 1. The predicted molar refractivity (Wildman–Crippen MR) is 82.5 cm³/mol. The van der Waals surface area contributed by atoms with Crippen LogP contribution in [0.15, 0.2) is 48.5 Å². The maximum Gasteiger partial charge on any atom is 0.181 e. The quantitative estimate of drug-likeness (QED) is 0.686. The number of nitrogens with one attached hydrogen (secondary N) is 1. The van der Waals surface area contributed by atoms with Crippen molar-refractivity contribution in [2.45, 2.75) is 6.04 Å². The van der Waals surface area contributed by atoms with Gasteiger partial charge in [0.1, 0.15) is 17.3 Å². The maximum atomic E-state index is 9.52. The Labute approximate surface area is 127 Å². The van der Waals surface area contributed by atoms with Gasteiger partial charge in [0, 0.05) is 5.56 Å².